The van der Waals surface area contributed by atoms with Crippen LogP contribution in [0.1, 0.15) is 44.6 Å². The van der Waals surface area contributed by atoms with E-state index in [4.69, 9.17) is 5.73 Å². The van der Waals surface area contributed by atoms with E-state index in [1.54, 1.807) is 0 Å². The highest BCUT2D eigenvalue weighted by molar-refractivity contribution is 5.97. The molecule has 25 heavy (non-hydrogen) atoms. The zero-order valence-electron chi connectivity index (χ0n) is 14.9. The van der Waals surface area contributed by atoms with Gasteiger partial charge in [-0.2, -0.15) is 0 Å². The van der Waals surface area contributed by atoms with Crippen molar-refractivity contribution in [1.29, 1.82) is 0 Å². The van der Waals surface area contributed by atoms with E-state index < -0.39 is 0 Å². The average Bonchev–Trinajstić information content (AvgIpc) is 2.61. The van der Waals surface area contributed by atoms with Crippen LogP contribution < -0.4 is 10.6 Å². The number of likely N-dealkylation sites (tertiary alicyclic amines) is 1. The summed E-state index contributed by atoms with van der Waals surface area (Å²) in [6, 6.07) is 5.83. The lowest BCUT2D eigenvalue weighted by Crippen LogP contribution is -2.45. The zero-order chi connectivity index (χ0) is 17.1. The first-order valence-corrected chi connectivity index (χ1v) is 9.08. The van der Waals surface area contributed by atoms with E-state index in [2.05, 4.69) is 0 Å². The minimum Gasteiger partial charge on any atom is -0.398 e. The van der Waals surface area contributed by atoms with Gasteiger partial charge in [0.15, 0.2) is 0 Å². The third-order valence-corrected chi connectivity index (χ3v) is 5.21. The second-order valence-corrected chi connectivity index (χ2v) is 6.84. The van der Waals surface area contributed by atoms with Gasteiger partial charge in [-0.3, -0.25) is 9.59 Å². The van der Waals surface area contributed by atoms with Gasteiger partial charge in [-0.25, -0.2) is 0 Å². The third kappa shape index (κ3) is 4.09. The van der Waals surface area contributed by atoms with Gasteiger partial charge in [0.05, 0.1) is 0 Å². The van der Waals surface area contributed by atoms with Crippen molar-refractivity contribution in [2.24, 2.45) is 5.92 Å². The number of fused-ring (bicyclic) bond motifs is 1. The molecule has 0 aromatic heterocycles. The summed E-state index contributed by atoms with van der Waals surface area (Å²) >= 11 is 0. The molecule has 0 saturated carbocycles. The van der Waals surface area contributed by atoms with Crippen molar-refractivity contribution < 1.29 is 9.59 Å². The zero-order valence-corrected chi connectivity index (χ0v) is 15.7. The minimum atomic E-state index is 0. The maximum absolute atomic E-state index is 13.0. The van der Waals surface area contributed by atoms with Gasteiger partial charge >= 0.3 is 0 Å². The summed E-state index contributed by atoms with van der Waals surface area (Å²) in [6.45, 7) is 4.19. The fourth-order valence-electron chi connectivity index (χ4n) is 3.85. The maximum atomic E-state index is 13.0. The molecule has 0 bridgehead atoms. The monoisotopic (exact) mass is 365 g/mol. The largest absolute Gasteiger partial charge is 0.398 e. The van der Waals surface area contributed by atoms with E-state index in [1.165, 1.54) is 0 Å². The smallest absolute Gasteiger partial charge is 0.230 e. The molecule has 1 fully saturated rings. The van der Waals surface area contributed by atoms with E-state index in [0.717, 1.165) is 55.6 Å². The van der Waals surface area contributed by atoms with E-state index in [0.29, 0.717) is 19.5 Å². The molecule has 0 aliphatic carbocycles. The highest BCUT2D eigenvalue weighted by Gasteiger charge is 2.32. The quantitative estimate of drug-likeness (QED) is 0.837. The van der Waals surface area contributed by atoms with E-state index in [1.807, 2.05) is 34.9 Å². The molecule has 5 nitrogen and oxygen atoms in total. The molecule has 2 aliphatic heterocycles. The molecule has 2 N–H and O–H groups in total. The van der Waals surface area contributed by atoms with Gasteiger partial charge in [0, 0.05) is 43.3 Å². The van der Waals surface area contributed by atoms with Crippen LogP contribution in [0.2, 0.25) is 0 Å². The molecule has 1 aromatic carbocycles. The van der Waals surface area contributed by atoms with Gasteiger partial charge in [0.25, 0.3) is 0 Å². The molecule has 3 rings (SSSR count). The van der Waals surface area contributed by atoms with Gasteiger partial charge in [-0.15, -0.1) is 12.4 Å². The number of hydrogen-bond donors (Lipinski definition) is 1. The lowest BCUT2D eigenvalue weighted by atomic mass is 9.92. The molecule has 0 unspecified atom stereocenters. The summed E-state index contributed by atoms with van der Waals surface area (Å²) in [7, 11) is 0. The van der Waals surface area contributed by atoms with Crippen LogP contribution in [-0.2, 0) is 16.0 Å². The van der Waals surface area contributed by atoms with Crippen LogP contribution in [0.5, 0.6) is 0 Å². The van der Waals surface area contributed by atoms with Crippen molar-refractivity contribution >= 4 is 35.6 Å². The molecular formula is C19H28ClN3O2. The number of piperidine rings is 1. The number of nitrogens with two attached hydrogens (primary N) is 1. The second kappa shape index (κ2) is 8.56. The second-order valence-electron chi connectivity index (χ2n) is 6.84. The SMILES string of the molecule is CCCC(=O)N1CCC(C(=O)N2CCCc3c(N)cccc32)CC1.Cl. The Morgan fingerprint density at radius 2 is 1.92 bits per heavy atom. The first kappa shape index (κ1) is 19.6. The molecule has 0 atom stereocenters. The van der Waals surface area contributed by atoms with Gasteiger partial charge in [0.2, 0.25) is 11.8 Å². The first-order chi connectivity index (χ1) is 11.6. The Morgan fingerprint density at radius 3 is 2.60 bits per heavy atom. The highest BCUT2D eigenvalue weighted by Crippen LogP contribution is 2.33. The molecule has 0 radical (unpaired) electrons. The Morgan fingerprint density at radius 1 is 1.20 bits per heavy atom. The number of amides is 2. The molecule has 138 valence electrons. The Kier molecular flexibility index (Phi) is 6.71. The van der Waals surface area contributed by atoms with Gasteiger partial charge in [-0.1, -0.05) is 13.0 Å². The molecule has 1 aromatic rings. The van der Waals surface area contributed by atoms with Crippen molar-refractivity contribution in [3.05, 3.63) is 23.8 Å². The van der Waals surface area contributed by atoms with Crippen LogP contribution in [0.4, 0.5) is 11.4 Å². The Labute approximate surface area is 155 Å². The Hall–Kier alpha value is -1.75. The summed E-state index contributed by atoms with van der Waals surface area (Å²) in [4.78, 5) is 28.8. The molecule has 2 aliphatic rings. The average molecular weight is 366 g/mol. The summed E-state index contributed by atoms with van der Waals surface area (Å²) < 4.78 is 0. The van der Waals surface area contributed by atoms with Gasteiger partial charge < -0.3 is 15.5 Å². The number of nitrogen functional groups attached to an aromatic ring is 1. The highest BCUT2D eigenvalue weighted by atomic mass is 35.5. The number of nitrogens with zero attached hydrogens (tertiary/aromatic N) is 2. The third-order valence-electron chi connectivity index (χ3n) is 5.21. The van der Waals surface area contributed by atoms with Crippen molar-refractivity contribution in [2.75, 3.05) is 30.3 Å². The number of carbonyl (C=O) groups is 2. The van der Waals surface area contributed by atoms with Crippen LogP contribution in [0, 0.1) is 5.92 Å². The Balaban J connectivity index is 0.00000225. The lowest BCUT2D eigenvalue weighted by Gasteiger charge is -2.36. The van der Waals surface area contributed by atoms with Gasteiger partial charge in [0.1, 0.15) is 0 Å². The summed E-state index contributed by atoms with van der Waals surface area (Å²) in [5.41, 5.74) is 8.95. The molecule has 1 saturated heterocycles. The first-order valence-electron chi connectivity index (χ1n) is 9.08. The van der Waals surface area contributed by atoms with Crippen LogP contribution in [0.3, 0.4) is 0 Å². The van der Waals surface area contributed by atoms with Crippen molar-refractivity contribution in [3.8, 4) is 0 Å². The van der Waals surface area contributed by atoms with Crippen molar-refractivity contribution in [2.45, 2.75) is 45.4 Å². The van der Waals surface area contributed by atoms with Crippen LogP contribution >= 0.6 is 12.4 Å². The van der Waals surface area contributed by atoms with E-state index in [-0.39, 0.29) is 30.1 Å². The molecule has 6 heteroatoms. The van der Waals surface area contributed by atoms with Gasteiger partial charge in [-0.05, 0) is 49.8 Å². The standard InChI is InChI=1S/C19H27N3O2.ClH/c1-2-5-18(23)21-12-9-14(10-13-21)19(24)22-11-4-6-15-16(20)7-3-8-17(15)22;/h3,7-8,14H,2,4-6,9-13,20H2,1H3;1H. The molecule has 2 amide bonds. The number of carbonyl (C=O) groups excluding carboxylic acids is 2. The fraction of sp³-hybridized carbons (Fsp3) is 0.579. The summed E-state index contributed by atoms with van der Waals surface area (Å²) in [5.74, 6) is 0.437. The van der Waals surface area contributed by atoms with Crippen LogP contribution in [0.25, 0.3) is 0 Å². The predicted octanol–water partition coefficient (Wildman–Crippen LogP) is 3.01. The topological polar surface area (TPSA) is 66.6 Å². The predicted molar refractivity (Wildman–Crippen MR) is 103 cm³/mol. The summed E-state index contributed by atoms with van der Waals surface area (Å²) in [6.07, 6.45) is 4.92. The normalized spacial score (nSPS) is 17.6. The number of hydrogen-bond acceptors (Lipinski definition) is 3. The van der Waals surface area contributed by atoms with Crippen molar-refractivity contribution in [1.82, 2.24) is 4.90 Å². The van der Waals surface area contributed by atoms with Crippen LogP contribution in [-0.4, -0.2) is 36.3 Å². The molecule has 0 spiro atoms. The van der Waals surface area contributed by atoms with Crippen molar-refractivity contribution in [3.63, 3.8) is 0 Å². The number of rotatable bonds is 3. The fourth-order valence-corrected chi connectivity index (χ4v) is 3.85. The molecule has 2 heterocycles. The van der Waals surface area contributed by atoms with E-state index in [9.17, 15) is 9.59 Å². The van der Waals surface area contributed by atoms with E-state index >= 15 is 0 Å². The van der Waals surface area contributed by atoms with Crippen LogP contribution in [0.15, 0.2) is 18.2 Å². The Bertz CT molecular complexity index is 627. The molecular weight excluding hydrogens is 338 g/mol. The minimum absolute atomic E-state index is 0. The summed E-state index contributed by atoms with van der Waals surface area (Å²) in [5, 5.41) is 0. The number of benzene rings is 1. The maximum Gasteiger partial charge on any atom is 0.230 e. The number of halogens is 1. The lowest BCUT2D eigenvalue weighted by molar-refractivity contribution is -0.135. The number of anilines is 2.